The number of ether oxygens (including phenoxy) is 1. The molecule has 2 aliphatic rings. The Bertz CT molecular complexity index is 458. The molecular weight excluding hydrogens is 230 g/mol. The molecule has 0 spiro atoms. The second kappa shape index (κ2) is 3.99. The van der Waals surface area contributed by atoms with Gasteiger partial charge in [0.2, 0.25) is 0 Å². The van der Waals surface area contributed by atoms with Crippen molar-refractivity contribution < 1.29 is 14.6 Å². The molecule has 1 aliphatic heterocycles. The van der Waals surface area contributed by atoms with E-state index in [1.807, 2.05) is 24.3 Å². The van der Waals surface area contributed by atoms with E-state index in [9.17, 15) is 9.90 Å². The SMILES string of the molecule is CN1CC(Oc2ccc(C3(C(=O)O)CC3)cc2)C1. The van der Waals surface area contributed by atoms with Crippen molar-refractivity contribution in [3.63, 3.8) is 0 Å². The summed E-state index contributed by atoms with van der Waals surface area (Å²) in [6.45, 7) is 1.92. The van der Waals surface area contributed by atoms with Gasteiger partial charge in [-0.05, 0) is 37.6 Å². The summed E-state index contributed by atoms with van der Waals surface area (Å²) in [7, 11) is 2.06. The van der Waals surface area contributed by atoms with E-state index in [4.69, 9.17) is 4.74 Å². The molecule has 1 heterocycles. The molecule has 0 bridgehead atoms. The van der Waals surface area contributed by atoms with Crippen LogP contribution < -0.4 is 4.74 Å². The summed E-state index contributed by atoms with van der Waals surface area (Å²) in [5.41, 5.74) is 0.281. The molecule has 1 N–H and O–H groups in total. The maximum atomic E-state index is 11.2. The maximum Gasteiger partial charge on any atom is 0.314 e. The fraction of sp³-hybridized carbons (Fsp3) is 0.500. The minimum absolute atomic E-state index is 0.273. The normalized spacial score (nSPS) is 22.3. The highest BCUT2D eigenvalue weighted by molar-refractivity contribution is 5.84. The summed E-state index contributed by atoms with van der Waals surface area (Å²) < 4.78 is 5.78. The monoisotopic (exact) mass is 247 g/mol. The second-order valence-electron chi connectivity index (χ2n) is 5.37. The van der Waals surface area contributed by atoms with Crippen molar-refractivity contribution in [2.75, 3.05) is 20.1 Å². The summed E-state index contributed by atoms with van der Waals surface area (Å²) in [6.07, 6.45) is 1.77. The van der Waals surface area contributed by atoms with E-state index in [0.717, 1.165) is 37.2 Å². The van der Waals surface area contributed by atoms with Gasteiger partial charge in [0.25, 0.3) is 0 Å². The van der Waals surface area contributed by atoms with Gasteiger partial charge in [0.1, 0.15) is 11.9 Å². The zero-order valence-corrected chi connectivity index (χ0v) is 10.4. The molecule has 3 rings (SSSR count). The number of nitrogens with zero attached hydrogens (tertiary/aromatic N) is 1. The molecule has 18 heavy (non-hydrogen) atoms. The first-order valence-corrected chi connectivity index (χ1v) is 6.29. The van der Waals surface area contributed by atoms with Crippen LogP contribution in [0.3, 0.4) is 0 Å². The highest BCUT2D eigenvalue weighted by atomic mass is 16.5. The predicted molar refractivity (Wildman–Crippen MR) is 66.9 cm³/mol. The molecule has 1 aromatic carbocycles. The van der Waals surface area contributed by atoms with Gasteiger partial charge in [-0.25, -0.2) is 0 Å². The zero-order chi connectivity index (χ0) is 12.8. The van der Waals surface area contributed by atoms with Crippen LogP contribution in [0.4, 0.5) is 0 Å². The molecule has 1 aromatic rings. The molecule has 1 aliphatic carbocycles. The van der Waals surface area contributed by atoms with E-state index in [1.54, 1.807) is 0 Å². The van der Waals surface area contributed by atoms with Crippen molar-refractivity contribution >= 4 is 5.97 Å². The van der Waals surface area contributed by atoms with Crippen molar-refractivity contribution in [1.82, 2.24) is 4.90 Å². The molecule has 0 atom stereocenters. The Morgan fingerprint density at radius 2 is 1.94 bits per heavy atom. The van der Waals surface area contributed by atoms with Gasteiger partial charge in [-0.2, -0.15) is 0 Å². The standard InChI is InChI=1S/C14H17NO3/c1-15-8-12(9-15)18-11-4-2-10(3-5-11)14(6-7-14)13(16)17/h2-5,12H,6-9H2,1H3,(H,16,17). The van der Waals surface area contributed by atoms with Crippen LogP contribution in [-0.4, -0.2) is 42.2 Å². The zero-order valence-electron chi connectivity index (χ0n) is 10.4. The van der Waals surface area contributed by atoms with Crippen molar-refractivity contribution in [3.05, 3.63) is 29.8 Å². The lowest BCUT2D eigenvalue weighted by Gasteiger charge is -2.36. The van der Waals surface area contributed by atoms with Gasteiger partial charge in [-0.1, -0.05) is 12.1 Å². The third-order valence-corrected chi connectivity index (χ3v) is 3.90. The fourth-order valence-electron chi connectivity index (χ4n) is 2.51. The minimum atomic E-state index is -0.711. The van der Waals surface area contributed by atoms with Gasteiger partial charge >= 0.3 is 5.97 Å². The third kappa shape index (κ3) is 1.86. The van der Waals surface area contributed by atoms with Gasteiger partial charge in [0.15, 0.2) is 0 Å². The number of hydrogen-bond donors (Lipinski definition) is 1. The van der Waals surface area contributed by atoms with E-state index < -0.39 is 11.4 Å². The summed E-state index contributed by atoms with van der Waals surface area (Å²) in [6, 6.07) is 7.55. The second-order valence-corrected chi connectivity index (χ2v) is 5.37. The fourth-order valence-corrected chi connectivity index (χ4v) is 2.51. The number of carboxylic acids is 1. The first kappa shape index (κ1) is 11.5. The highest BCUT2D eigenvalue weighted by Crippen LogP contribution is 2.48. The molecule has 4 heteroatoms. The number of benzene rings is 1. The number of likely N-dealkylation sites (tertiary alicyclic amines) is 1. The smallest absolute Gasteiger partial charge is 0.314 e. The number of rotatable bonds is 4. The quantitative estimate of drug-likeness (QED) is 0.876. The number of aliphatic carboxylic acids is 1. The Kier molecular flexibility index (Phi) is 2.55. The van der Waals surface area contributed by atoms with Crippen LogP contribution in [0.25, 0.3) is 0 Å². The van der Waals surface area contributed by atoms with Crippen LogP contribution in [0.2, 0.25) is 0 Å². The van der Waals surface area contributed by atoms with Gasteiger partial charge in [-0.3, -0.25) is 9.69 Å². The number of carbonyl (C=O) groups is 1. The molecule has 0 aromatic heterocycles. The Balaban J connectivity index is 1.68. The Morgan fingerprint density at radius 3 is 2.39 bits per heavy atom. The van der Waals surface area contributed by atoms with Crippen LogP contribution in [0.1, 0.15) is 18.4 Å². The molecule has 0 unspecified atom stereocenters. The van der Waals surface area contributed by atoms with Crippen LogP contribution >= 0.6 is 0 Å². The van der Waals surface area contributed by atoms with E-state index in [2.05, 4.69) is 11.9 Å². The molecule has 96 valence electrons. The summed E-state index contributed by atoms with van der Waals surface area (Å²) in [4.78, 5) is 13.4. The van der Waals surface area contributed by atoms with Crippen molar-refractivity contribution in [2.24, 2.45) is 0 Å². The molecular formula is C14H17NO3. The molecule has 0 amide bonds. The Morgan fingerprint density at radius 1 is 1.33 bits per heavy atom. The van der Waals surface area contributed by atoms with Gasteiger partial charge in [0.05, 0.1) is 5.41 Å². The average Bonchev–Trinajstić information content (AvgIpc) is 3.09. The lowest BCUT2D eigenvalue weighted by Crippen LogP contribution is -2.51. The van der Waals surface area contributed by atoms with Gasteiger partial charge < -0.3 is 9.84 Å². The van der Waals surface area contributed by atoms with Crippen molar-refractivity contribution in [3.8, 4) is 5.75 Å². The number of carboxylic acid groups (broad SMARTS) is 1. The average molecular weight is 247 g/mol. The van der Waals surface area contributed by atoms with Crippen molar-refractivity contribution in [2.45, 2.75) is 24.4 Å². The van der Waals surface area contributed by atoms with Crippen LogP contribution in [0, 0.1) is 0 Å². The van der Waals surface area contributed by atoms with Crippen molar-refractivity contribution in [1.29, 1.82) is 0 Å². The third-order valence-electron chi connectivity index (χ3n) is 3.90. The lowest BCUT2D eigenvalue weighted by atomic mass is 9.96. The molecule has 0 radical (unpaired) electrons. The van der Waals surface area contributed by atoms with Gasteiger partial charge in [0, 0.05) is 13.1 Å². The van der Waals surface area contributed by atoms with E-state index in [0.29, 0.717) is 0 Å². The first-order valence-electron chi connectivity index (χ1n) is 6.29. The molecule has 1 saturated carbocycles. The number of likely N-dealkylation sites (N-methyl/N-ethyl adjacent to an activating group) is 1. The van der Waals surface area contributed by atoms with E-state index in [1.165, 1.54) is 0 Å². The molecule has 2 fully saturated rings. The van der Waals surface area contributed by atoms with E-state index in [-0.39, 0.29) is 6.10 Å². The lowest BCUT2D eigenvalue weighted by molar-refractivity contribution is -0.140. The summed E-state index contributed by atoms with van der Waals surface area (Å²) in [5, 5.41) is 9.21. The molecule has 1 saturated heterocycles. The topological polar surface area (TPSA) is 49.8 Å². The highest BCUT2D eigenvalue weighted by Gasteiger charge is 2.51. The van der Waals surface area contributed by atoms with Crippen LogP contribution in [0.5, 0.6) is 5.75 Å². The predicted octanol–water partition coefficient (Wildman–Crippen LogP) is 1.50. The summed E-state index contributed by atoms with van der Waals surface area (Å²) >= 11 is 0. The van der Waals surface area contributed by atoms with E-state index >= 15 is 0 Å². The largest absolute Gasteiger partial charge is 0.488 e. The van der Waals surface area contributed by atoms with Gasteiger partial charge in [-0.15, -0.1) is 0 Å². The minimum Gasteiger partial charge on any atom is -0.488 e. The maximum absolute atomic E-state index is 11.2. The van der Waals surface area contributed by atoms with Crippen LogP contribution in [0.15, 0.2) is 24.3 Å². The molecule has 4 nitrogen and oxygen atoms in total. The summed E-state index contributed by atoms with van der Waals surface area (Å²) in [5.74, 6) is 0.120. The first-order chi connectivity index (χ1) is 8.60. The Labute approximate surface area is 106 Å². The Hall–Kier alpha value is -1.55. The number of hydrogen-bond acceptors (Lipinski definition) is 3. The van der Waals surface area contributed by atoms with Crippen LogP contribution in [-0.2, 0) is 10.2 Å².